The third-order valence-electron chi connectivity index (χ3n) is 11.4. The molecule has 1 N–H and O–H groups in total. The summed E-state index contributed by atoms with van der Waals surface area (Å²) in [6.07, 6.45) is 50.7. The summed E-state index contributed by atoms with van der Waals surface area (Å²) in [5, 5.41) is 9.67. The minimum absolute atomic E-state index is 0.183. The first kappa shape index (κ1) is 60.5. The molecule has 0 aliphatic carbocycles. The zero-order valence-electron chi connectivity index (χ0n) is 41.7. The first-order valence-corrected chi connectivity index (χ1v) is 26.2. The van der Waals surface area contributed by atoms with Crippen molar-refractivity contribution >= 4 is 17.9 Å². The minimum Gasteiger partial charge on any atom is -0.477 e. The van der Waals surface area contributed by atoms with Gasteiger partial charge in [0.05, 0.1) is 34.4 Å². The summed E-state index contributed by atoms with van der Waals surface area (Å²) in [6, 6.07) is 0. The first-order valence-electron chi connectivity index (χ1n) is 26.2. The molecule has 9 nitrogen and oxygen atoms in total. The molecule has 0 aliphatic heterocycles. The number of unbranched alkanes of at least 4 members (excludes halogenated alkanes) is 27. The Hall–Kier alpha value is -2.49. The van der Waals surface area contributed by atoms with Crippen molar-refractivity contribution in [3.8, 4) is 0 Å². The highest BCUT2D eigenvalue weighted by molar-refractivity contribution is 5.71. The second kappa shape index (κ2) is 46.1. The fourth-order valence-electron chi connectivity index (χ4n) is 7.38. The summed E-state index contributed by atoms with van der Waals surface area (Å²) in [5.41, 5.74) is 0. The van der Waals surface area contributed by atoms with Crippen molar-refractivity contribution in [3.05, 3.63) is 36.5 Å². The summed E-state index contributed by atoms with van der Waals surface area (Å²) < 4.78 is 22.8. The average Bonchev–Trinajstić information content (AvgIpc) is 3.24. The van der Waals surface area contributed by atoms with E-state index in [-0.39, 0.29) is 32.2 Å². The van der Waals surface area contributed by atoms with E-state index in [0.717, 1.165) is 64.2 Å². The first-order chi connectivity index (χ1) is 30.6. The maximum atomic E-state index is 12.8. The number of hydrogen-bond acceptors (Lipinski definition) is 7. The lowest BCUT2D eigenvalue weighted by Crippen LogP contribution is -2.40. The maximum absolute atomic E-state index is 12.8. The van der Waals surface area contributed by atoms with Gasteiger partial charge in [0.25, 0.3) is 6.29 Å². The van der Waals surface area contributed by atoms with E-state index in [4.69, 9.17) is 18.9 Å². The number of hydrogen-bond donors (Lipinski definition) is 1. The summed E-state index contributed by atoms with van der Waals surface area (Å²) in [5.74, 6) is -2.01. The van der Waals surface area contributed by atoms with E-state index in [1.165, 1.54) is 135 Å². The zero-order chi connectivity index (χ0) is 46.3. The van der Waals surface area contributed by atoms with Crippen LogP contribution in [0.15, 0.2) is 36.5 Å². The molecule has 9 heteroatoms. The number of ether oxygens (including phenoxy) is 4. The molecule has 0 amide bonds. The van der Waals surface area contributed by atoms with E-state index in [1.54, 1.807) is 0 Å². The van der Waals surface area contributed by atoms with Crippen LogP contribution in [-0.2, 0) is 33.3 Å². The van der Waals surface area contributed by atoms with Crippen molar-refractivity contribution in [2.45, 2.75) is 245 Å². The molecule has 0 bridgehead atoms. The highest BCUT2D eigenvalue weighted by Crippen LogP contribution is 2.16. The van der Waals surface area contributed by atoms with Crippen LogP contribution in [0.4, 0.5) is 0 Å². The van der Waals surface area contributed by atoms with E-state index >= 15 is 0 Å². The van der Waals surface area contributed by atoms with Crippen molar-refractivity contribution in [3.63, 3.8) is 0 Å². The number of carboxylic acids is 1. The summed E-state index contributed by atoms with van der Waals surface area (Å²) >= 11 is 0. The number of rotatable bonds is 48. The topological polar surface area (TPSA) is 108 Å². The Balaban J connectivity index is 4.29. The Morgan fingerprint density at radius 1 is 0.492 bits per heavy atom. The number of carbonyl (C=O) groups excluding carboxylic acids is 2. The quantitative estimate of drug-likeness (QED) is 0.0212. The standard InChI is InChI=1S/C54H99NO8/c1-6-8-10-12-14-16-18-20-22-24-25-26-27-29-30-32-34-36-38-40-42-44-51(56)61-48-50(49-62-54(53(58)59)60-47-46-55(3,4)5)63-52(57)45-43-41-39-37-35-33-31-28-23-21-19-17-15-13-11-9-7-2/h9,11,15,17,21,23,50,54H,6-8,10,12-14,16,18-20,22,24-49H2,1-5H3/p+1/b11-9-,17-15-,23-21-. The Morgan fingerprint density at radius 2 is 0.905 bits per heavy atom. The van der Waals surface area contributed by atoms with Crippen molar-refractivity contribution in [1.29, 1.82) is 0 Å². The molecule has 0 radical (unpaired) electrons. The molecule has 63 heavy (non-hydrogen) atoms. The van der Waals surface area contributed by atoms with E-state index < -0.39 is 24.3 Å². The monoisotopic (exact) mass is 891 g/mol. The Morgan fingerprint density at radius 3 is 1.35 bits per heavy atom. The van der Waals surface area contributed by atoms with Gasteiger partial charge in [-0.2, -0.15) is 0 Å². The van der Waals surface area contributed by atoms with Crippen LogP contribution >= 0.6 is 0 Å². The molecule has 0 spiro atoms. The van der Waals surface area contributed by atoms with Gasteiger partial charge in [-0.05, 0) is 44.9 Å². The third kappa shape index (κ3) is 47.3. The summed E-state index contributed by atoms with van der Waals surface area (Å²) in [4.78, 5) is 37.3. The summed E-state index contributed by atoms with van der Waals surface area (Å²) in [7, 11) is 5.96. The number of quaternary nitrogens is 1. The van der Waals surface area contributed by atoms with Crippen molar-refractivity contribution in [2.75, 3.05) is 47.5 Å². The van der Waals surface area contributed by atoms with Crippen LogP contribution < -0.4 is 0 Å². The molecular formula is C54H100NO8+. The van der Waals surface area contributed by atoms with Crippen LogP contribution in [0.1, 0.15) is 232 Å². The van der Waals surface area contributed by atoms with Gasteiger partial charge in [0.2, 0.25) is 0 Å². The van der Waals surface area contributed by atoms with Gasteiger partial charge in [-0.1, -0.05) is 211 Å². The molecule has 0 aromatic heterocycles. The van der Waals surface area contributed by atoms with Gasteiger partial charge in [-0.15, -0.1) is 0 Å². The van der Waals surface area contributed by atoms with E-state index in [0.29, 0.717) is 23.9 Å². The van der Waals surface area contributed by atoms with Crippen LogP contribution in [0.2, 0.25) is 0 Å². The molecule has 0 aromatic rings. The van der Waals surface area contributed by atoms with Gasteiger partial charge in [0, 0.05) is 12.8 Å². The molecule has 0 rings (SSSR count). The molecular weight excluding hydrogens is 791 g/mol. The van der Waals surface area contributed by atoms with Crippen LogP contribution in [0.5, 0.6) is 0 Å². The number of esters is 2. The third-order valence-corrected chi connectivity index (χ3v) is 11.4. The predicted molar refractivity (Wildman–Crippen MR) is 263 cm³/mol. The van der Waals surface area contributed by atoms with Gasteiger partial charge in [-0.25, -0.2) is 4.79 Å². The SMILES string of the molecule is CC/C=C\C/C=C\C/C=C\CCCCCCCCCC(=O)OC(COC(=O)CCCCCCCCCCCCCCCCCCCCCCC)COC(OCC[N+](C)(C)C)C(=O)O. The predicted octanol–water partition coefficient (Wildman–Crippen LogP) is 14.6. The molecule has 0 saturated heterocycles. The number of likely N-dealkylation sites (N-methyl/N-ethyl adjacent to an activating group) is 1. The highest BCUT2D eigenvalue weighted by atomic mass is 16.7. The minimum atomic E-state index is -1.51. The average molecular weight is 891 g/mol. The Labute approximate surface area is 388 Å². The number of nitrogens with zero attached hydrogens (tertiary/aromatic N) is 1. The second-order valence-corrected chi connectivity index (χ2v) is 18.8. The van der Waals surface area contributed by atoms with Gasteiger partial charge >= 0.3 is 17.9 Å². The van der Waals surface area contributed by atoms with Crippen molar-refractivity contribution in [1.82, 2.24) is 0 Å². The van der Waals surface area contributed by atoms with Crippen molar-refractivity contribution < 1.29 is 42.9 Å². The second-order valence-electron chi connectivity index (χ2n) is 18.8. The van der Waals surface area contributed by atoms with E-state index in [9.17, 15) is 19.5 Å². The molecule has 2 unspecified atom stereocenters. The molecule has 2 atom stereocenters. The number of aliphatic carboxylic acids is 1. The lowest BCUT2D eigenvalue weighted by Gasteiger charge is -2.25. The number of carbonyl (C=O) groups is 3. The molecule has 0 fully saturated rings. The normalized spacial score (nSPS) is 13.1. The van der Waals surface area contributed by atoms with Crippen molar-refractivity contribution in [2.24, 2.45) is 0 Å². The number of allylic oxidation sites excluding steroid dienone is 6. The Bertz CT molecular complexity index is 1130. The zero-order valence-corrected chi connectivity index (χ0v) is 41.7. The van der Waals surface area contributed by atoms with Gasteiger partial charge in [0.1, 0.15) is 13.2 Å². The van der Waals surface area contributed by atoms with Crippen LogP contribution in [0, 0.1) is 0 Å². The largest absolute Gasteiger partial charge is 0.477 e. The van der Waals surface area contributed by atoms with Crippen LogP contribution in [-0.4, -0.2) is 87.4 Å². The van der Waals surface area contributed by atoms with Gasteiger partial charge in [0.15, 0.2) is 6.10 Å². The fourth-order valence-corrected chi connectivity index (χ4v) is 7.38. The van der Waals surface area contributed by atoms with Crippen LogP contribution in [0.25, 0.3) is 0 Å². The molecule has 0 saturated carbocycles. The van der Waals surface area contributed by atoms with Gasteiger partial charge < -0.3 is 28.5 Å². The van der Waals surface area contributed by atoms with E-state index in [2.05, 4.69) is 50.3 Å². The smallest absolute Gasteiger partial charge is 0.361 e. The lowest BCUT2D eigenvalue weighted by molar-refractivity contribution is -0.870. The molecule has 0 heterocycles. The molecule has 368 valence electrons. The number of carboxylic acid groups (broad SMARTS) is 1. The Kier molecular flexibility index (Phi) is 44.2. The fraction of sp³-hybridized carbons (Fsp3) is 0.833. The molecule has 0 aliphatic rings. The van der Waals surface area contributed by atoms with Gasteiger partial charge in [-0.3, -0.25) is 9.59 Å². The highest BCUT2D eigenvalue weighted by Gasteiger charge is 2.25. The van der Waals surface area contributed by atoms with E-state index in [1.807, 2.05) is 21.1 Å². The molecule has 0 aromatic carbocycles. The van der Waals surface area contributed by atoms with Crippen LogP contribution in [0.3, 0.4) is 0 Å². The maximum Gasteiger partial charge on any atom is 0.361 e. The summed E-state index contributed by atoms with van der Waals surface area (Å²) in [6.45, 7) is 4.78. The lowest BCUT2D eigenvalue weighted by atomic mass is 10.0.